The Bertz CT molecular complexity index is 1270. The molecule has 2 heterocycles. The number of methoxy groups -OCH3 is 1. The summed E-state index contributed by atoms with van der Waals surface area (Å²) in [6, 6.07) is 5.56. The standard InChI is InChI=1S/C31H50BFN2O7SSi/c1-27(2,3)40-26(37)35(20-39-16-17-44(11,12)13)25-34-30(8,19-31(9,43-25)24(36)38-10)22-18-21(14-15-23(22)33)32-41-28(4,5)29(6,7)42-32/h14-15,18H,16-17,19-20H2,1-13H3/t30-,31?/m0/s1. The number of halogens is 1. The highest BCUT2D eigenvalue weighted by atomic mass is 32.2. The van der Waals surface area contributed by atoms with Crippen molar-refractivity contribution in [3.8, 4) is 0 Å². The summed E-state index contributed by atoms with van der Waals surface area (Å²) in [5.41, 5.74) is -2.40. The van der Waals surface area contributed by atoms with Crippen molar-refractivity contribution in [2.75, 3.05) is 20.4 Å². The number of thioether (sulfide) groups is 1. The molecule has 1 aromatic carbocycles. The number of carbonyl (C=O) groups excluding carboxylic acids is 2. The molecule has 1 unspecified atom stereocenters. The Morgan fingerprint density at radius 1 is 1.09 bits per heavy atom. The van der Waals surface area contributed by atoms with Crippen molar-refractivity contribution < 1.29 is 37.5 Å². The molecule has 2 aliphatic heterocycles. The predicted molar refractivity (Wildman–Crippen MR) is 177 cm³/mol. The Kier molecular flexibility index (Phi) is 10.5. The second-order valence-electron chi connectivity index (χ2n) is 15.3. The average Bonchev–Trinajstić information content (AvgIpc) is 3.07. The zero-order valence-corrected chi connectivity index (χ0v) is 30.5. The number of nitrogens with zero attached hydrogens (tertiary/aromatic N) is 2. The van der Waals surface area contributed by atoms with Gasteiger partial charge in [-0.2, -0.15) is 0 Å². The van der Waals surface area contributed by atoms with Crippen LogP contribution in [0.2, 0.25) is 25.7 Å². The van der Waals surface area contributed by atoms with Crippen molar-refractivity contribution in [3.63, 3.8) is 0 Å². The van der Waals surface area contributed by atoms with Crippen molar-refractivity contribution >= 4 is 49.6 Å². The smallest absolute Gasteiger partial charge is 0.468 e. The van der Waals surface area contributed by atoms with Crippen LogP contribution in [0.5, 0.6) is 0 Å². The Morgan fingerprint density at radius 3 is 2.20 bits per heavy atom. The SMILES string of the molecule is COC(=O)C1(C)C[C@@](C)(c2cc(B3OC(C)(C)C(C)(C)O3)ccc2F)N=C(N(COCC[Si](C)(C)C)C(=O)OC(C)(C)C)S1. The van der Waals surface area contributed by atoms with Crippen LogP contribution in [0.1, 0.15) is 74.3 Å². The summed E-state index contributed by atoms with van der Waals surface area (Å²) < 4.78 is 44.0. The van der Waals surface area contributed by atoms with E-state index in [0.717, 1.165) is 17.8 Å². The van der Waals surface area contributed by atoms with E-state index < -0.39 is 60.2 Å². The van der Waals surface area contributed by atoms with E-state index in [1.165, 1.54) is 18.1 Å². The largest absolute Gasteiger partial charge is 0.494 e. The van der Waals surface area contributed by atoms with Crippen LogP contribution in [0.25, 0.3) is 0 Å². The molecule has 13 heteroatoms. The van der Waals surface area contributed by atoms with Gasteiger partial charge in [-0.05, 0) is 79.9 Å². The number of ether oxygens (including phenoxy) is 3. The molecule has 1 saturated heterocycles. The van der Waals surface area contributed by atoms with Gasteiger partial charge in [-0.25, -0.2) is 14.1 Å². The zero-order chi connectivity index (χ0) is 33.5. The first-order valence-corrected chi connectivity index (χ1v) is 19.6. The summed E-state index contributed by atoms with van der Waals surface area (Å²) in [5, 5.41) is 0.175. The van der Waals surface area contributed by atoms with Crippen LogP contribution in [-0.2, 0) is 33.9 Å². The van der Waals surface area contributed by atoms with E-state index in [1.807, 2.05) is 27.7 Å². The summed E-state index contributed by atoms with van der Waals surface area (Å²) in [4.78, 5) is 33.1. The van der Waals surface area contributed by atoms with Crippen molar-refractivity contribution in [2.24, 2.45) is 4.99 Å². The van der Waals surface area contributed by atoms with Crippen LogP contribution in [-0.4, -0.2) is 79.3 Å². The Hall–Kier alpha value is -1.93. The fraction of sp³-hybridized carbons (Fsp3) is 0.710. The van der Waals surface area contributed by atoms with Crippen molar-refractivity contribution in [3.05, 3.63) is 29.6 Å². The third kappa shape index (κ3) is 8.45. The molecule has 9 nitrogen and oxygen atoms in total. The van der Waals surface area contributed by atoms with E-state index in [4.69, 9.17) is 28.5 Å². The van der Waals surface area contributed by atoms with Gasteiger partial charge in [-0.15, -0.1) is 0 Å². The average molecular weight is 653 g/mol. The maximum atomic E-state index is 15.8. The number of rotatable bonds is 8. The molecule has 0 aromatic heterocycles. The van der Waals surface area contributed by atoms with Crippen molar-refractivity contribution in [1.29, 1.82) is 0 Å². The second kappa shape index (κ2) is 12.7. The number of amides is 1. The van der Waals surface area contributed by atoms with Gasteiger partial charge in [0.05, 0.1) is 23.9 Å². The normalized spacial score (nSPS) is 25.0. The molecule has 0 saturated carbocycles. The van der Waals surface area contributed by atoms with Crippen molar-refractivity contribution in [1.82, 2.24) is 4.90 Å². The maximum Gasteiger partial charge on any atom is 0.494 e. The molecule has 246 valence electrons. The summed E-state index contributed by atoms with van der Waals surface area (Å²) >= 11 is 1.08. The van der Waals surface area contributed by atoms with Crippen LogP contribution in [0.15, 0.2) is 23.2 Å². The fourth-order valence-electron chi connectivity index (χ4n) is 4.89. The predicted octanol–water partition coefficient (Wildman–Crippen LogP) is 6.31. The second-order valence-corrected chi connectivity index (χ2v) is 22.3. The maximum absolute atomic E-state index is 15.8. The molecule has 2 aliphatic rings. The first-order valence-electron chi connectivity index (χ1n) is 15.0. The fourth-order valence-corrected chi connectivity index (χ4v) is 7.05. The van der Waals surface area contributed by atoms with E-state index in [0.29, 0.717) is 12.1 Å². The highest BCUT2D eigenvalue weighted by Gasteiger charge is 2.53. The minimum absolute atomic E-state index is 0.100. The Balaban J connectivity index is 2.11. The molecule has 1 aromatic rings. The molecule has 1 fully saturated rings. The Labute approximate surface area is 268 Å². The summed E-state index contributed by atoms with van der Waals surface area (Å²) in [6.45, 7) is 23.6. The molecule has 44 heavy (non-hydrogen) atoms. The van der Waals surface area contributed by atoms with Crippen LogP contribution in [0.3, 0.4) is 0 Å². The third-order valence-electron chi connectivity index (χ3n) is 8.12. The molecule has 0 aliphatic carbocycles. The van der Waals surface area contributed by atoms with Gasteiger partial charge in [-0.3, -0.25) is 9.79 Å². The van der Waals surface area contributed by atoms with Gasteiger partial charge in [0.2, 0.25) is 0 Å². The summed E-state index contributed by atoms with van der Waals surface area (Å²) in [7, 11) is -0.824. The van der Waals surface area contributed by atoms with Gasteiger partial charge >= 0.3 is 19.2 Å². The van der Waals surface area contributed by atoms with Crippen molar-refractivity contribution in [2.45, 2.75) is 122 Å². The molecule has 0 spiro atoms. The monoisotopic (exact) mass is 652 g/mol. The van der Waals surface area contributed by atoms with Gasteiger partial charge in [0.1, 0.15) is 22.9 Å². The van der Waals surface area contributed by atoms with Crippen LogP contribution >= 0.6 is 11.8 Å². The minimum atomic E-state index is -1.40. The molecular weight excluding hydrogens is 602 g/mol. The first kappa shape index (κ1) is 36.5. The van der Waals surface area contributed by atoms with Gasteiger partial charge < -0.3 is 23.5 Å². The van der Waals surface area contributed by atoms with Gasteiger partial charge in [0.15, 0.2) is 5.17 Å². The highest BCUT2D eigenvalue weighted by Crippen LogP contribution is 2.48. The topological polar surface area (TPSA) is 95.9 Å². The van der Waals surface area contributed by atoms with Crippen LogP contribution < -0.4 is 5.46 Å². The van der Waals surface area contributed by atoms with E-state index in [-0.39, 0.29) is 23.9 Å². The number of hydrogen-bond acceptors (Lipinski definition) is 9. The number of carbonyl (C=O) groups is 2. The van der Waals surface area contributed by atoms with Crippen LogP contribution in [0, 0.1) is 5.82 Å². The first-order chi connectivity index (χ1) is 19.9. The van der Waals surface area contributed by atoms with Crippen LogP contribution in [0.4, 0.5) is 9.18 Å². The molecule has 0 radical (unpaired) electrons. The molecular formula is C31H50BFN2O7SSi. The quantitative estimate of drug-likeness (QED) is 0.140. The van der Waals surface area contributed by atoms with E-state index in [2.05, 4.69) is 19.6 Å². The minimum Gasteiger partial charge on any atom is -0.468 e. The molecule has 0 N–H and O–H groups in total. The zero-order valence-electron chi connectivity index (χ0n) is 28.7. The number of aliphatic imine (C=N–C) groups is 1. The molecule has 2 atom stereocenters. The number of amidine groups is 1. The lowest BCUT2D eigenvalue weighted by Gasteiger charge is -2.42. The number of benzene rings is 1. The molecule has 0 bridgehead atoms. The number of hydrogen-bond donors (Lipinski definition) is 0. The lowest BCUT2D eigenvalue weighted by Crippen LogP contribution is -2.50. The Morgan fingerprint density at radius 2 is 1.68 bits per heavy atom. The lowest BCUT2D eigenvalue weighted by atomic mass is 9.75. The van der Waals surface area contributed by atoms with E-state index in [9.17, 15) is 9.59 Å². The highest BCUT2D eigenvalue weighted by molar-refractivity contribution is 8.15. The number of esters is 1. The van der Waals surface area contributed by atoms with Gasteiger partial charge in [-0.1, -0.05) is 43.5 Å². The summed E-state index contributed by atoms with van der Waals surface area (Å²) in [6.07, 6.45) is -0.580. The van der Waals surface area contributed by atoms with Gasteiger partial charge in [0.25, 0.3) is 0 Å². The van der Waals surface area contributed by atoms with E-state index >= 15 is 4.39 Å². The lowest BCUT2D eigenvalue weighted by molar-refractivity contribution is -0.143. The molecule has 1 amide bonds. The van der Waals surface area contributed by atoms with Gasteiger partial charge in [0, 0.05) is 26.7 Å². The third-order valence-corrected chi connectivity index (χ3v) is 11.1. The summed E-state index contributed by atoms with van der Waals surface area (Å²) in [5.74, 6) is -1.03. The van der Waals surface area contributed by atoms with E-state index in [1.54, 1.807) is 46.8 Å². The molecule has 3 rings (SSSR count).